The summed E-state index contributed by atoms with van der Waals surface area (Å²) in [6.07, 6.45) is -2.01. The van der Waals surface area contributed by atoms with E-state index in [0.717, 1.165) is 76.5 Å². The number of aryl methyl sites for hydroxylation is 1. The van der Waals surface area contributed by atoms with Crippen molar-refractivity contribution in [2.45, 2.75) is 32.7 Å². The van der Waals surface area contributed by atoms with Gasteiger partial charge < -0.3 is 5.32 Å². The van der Waals surface area contributed by atoms with Gasteiger partial charge in [-0.2, -0.15) is 13.2 Å². The summed E-state index contributed by atoms with van der Waals surface area (Å²) < 4.78 is 40.8. The van der Waals surface area contributed by atoms with Gasteiger partial charge in [-0.3, -0.25) is 23.8 Å². The van der Waals surface area contributed by atoms with Crippen molar-refractivity contribution in [3.05, 3.63) is 84.6 Å². The van der Waals surface area contributed by atoms with Gasteiger partial charge in [-0.25, -0.2) is 4.79 Å². The molecule has 0 unspecified atom stereocenters. The number of nitrogens with one attached hydrogen (secondary N) is 1. The van der Waals surface area contributed by atoms with Gasteiger partial charge in [0.15, 0.2) is 0 Å². The van der Waals surface area contributed by atoms with Crippen LogP contribution in [-0.4, -0.2) is 51.4 Å². The van der Waals surface area contributed by atoms with Crippen LogP contribution in [0.3, 0.4) is 0 Å². The van der Waals surface area contributed by atoms with Crippen LogP contribution in [0.15, 0.2) is 52.3 Å². The predicted molar refractivity (Wildman–Crippen MR) is 143 cm³/mol. The number of pyridine rings is 1. The van der Waals surface area contributed by atoms with Gasteiger partial charge in [0.05, 0.1) is 16.8 Å². The van der Waals surface area contributed by atoms with Crippen molar-refractivity contribution in [2.75, 3.05) is 26.2 Å². The number of benzene rings is 1. The molecule has 1 saturated heterocycles. The van der Waals surface area contributed by atoms with Gasteiger partial charge >= 0.3 is 11.9 Å². The van der Waals surface area contributed by atoms with Crippen LogP contribution in [0, 0.1) is 6.92 Å². The van der Waals surface area contributed by atoms with E-state index < -0.39 is 24.0 Å². The van der Waals surface area contributed by atoms with E-state index in [-0.39, 0.29) is 6.54 Å². The minimum absolute atomic E-state index is 0.154. The van der Waals surface area contributed by atoms with E-state index >= 15 is 0 Å². The first-order chi connectivity index (χ1) is 18.1. The molecule has 0 amide bonds. The Labute approximate surface area is 225 Å². The molecule has 1 aliphatic rings. The van der Waals surface area contributed by atoms with E-state index in [1.807, 2.05) is 25.1 Å². The molecule has 1 fully saturated rings. The molecule has 0 bridgehead atoms. The summed E-state index contributed by atoms with van der Waals surface area (Å²) in [4.78, 5) is 32.6. The molecule has 3 aromatic heterocycles. The molecule has 1 aromatic carbocycles. The normalized spacial score (nSPS) is 14.9. The van der Waals surface area contributed by atoms with Gasteiger partial charge in [0.2, 0.25) is 0 Å². The van der Waals surface area contributed by atoms with Crippen molar-refractivity contribution in [1.82, 2.24) is 24.3 Å². The quantitative estimate of drug-likeness (QED) is 0.379. The third-order valence-electron chi connectivity index (χ3n) is 6.59. The first-order valence-electron chi connectivity index (χ1n) is 12.1. The fraction of sp³-hybridized carbons (Fsp3) is 0.346. The molecule has 0 aliphatic carbocycles. The molecule has 12 heteroatoms. The summed E-state index contributed by atoms with van der Waals surface area (Å²) >= 11 is 7.84. The third kappa shape index (κ3) is 5.70. The maximum atomic E-state index is 12.9. The van der Waals surface area contributed by atoms with Crippen LogP contribution < -0.4 is 16.6 Å². The zero-order valence-electron chi connectivity index (χ0n) is 20.5. The Morgan fingerprint density at radius 1 is 1.08 bits per heavy atom. The van der Waals surface area contributed by atoms with E-state index in [4.69, 9.17) is 11.6 Å². The Morgan fingerprint density at radius 3 is 2.58 bits per heavy atom. The molecule has 0 saturated carbocycles. The zero-order valence-corrected chi connectivity index (χ0v) is 22.1. The Morgan fingerprint density at radius 2 is 1.84 bits per heavy atom. The van der Waals surface area contributed by atoms with E-state index in [0.29, 0.717) is 20.0 Å². The fourth-order valence-electron chi connectivity index (χ4n) is 4.77. The maximum Gasteiger partial charge on any atom is 0.406 e. The molecule has 200 valence electrons. The first-order valence-corrected chi connectivity index (χ1v) is 13.3. The van der Waals surface area contributed by atoms with Crippen LogP contribution in [0.25, 0.3) is 21.3 Å². The van der Waals surface area contributed by atoms with Crippen LogP contribution >= 0.6 is 22.9 Å². The van der Waals surface area contributed by atoms with Crippen LogP contribution in [0.5, 0.6) is 0 Å². The molecule has 1 N–H and O–H groups in total. The molecular weight excluding hydrogens is 539 g/mol. The number of hydrogen-bond donors (Lipinski definition) is 1. The third-order valence-corrected chi connectivity index (χ3v) is 7.95. The van der Waals surface area contributed by atoms with Crippen LogP contribution in [0.2, 0.25) is 5.02 Å². The van der Waals surface area contributed by atoms with Crippen molar-refractivity contribution in [2.24, 2.45) is 0 Å². The van der Waals surface area contributed by atoms with Gasteiger partial charge in [0.25, 0.3) is 5.56 Å². The lowest BCUT2D eigenvalue weighted by Gasteiger charge is -2.29. The van der Waals surface area contributed by atoms with E-state index in [1.165, 1.54) is 11.3 Å². The van der Waals surface area contributed by atoms with Crippen LogP contribution in [0.4, 0.5) is 13.2 Å². The van der Waals surface area contributed by atoms with Crippen molar-refractivity contribution >= 4 is 33.2 Å². The molecule has 4 aromatic rings. The van der Waals surface area contributed by atoms with Gasteiger partial charge in [0, 0.05) is 66.6 Å². The van der Waals surface area contributed by atoms with Gasteiger partial charge in [0.1, 0.15) is 6.54 Å². The molecular formula is C26H25ClF3N5O2S. The highest BCUT2D eigenvalue weighted by molar-refractivity contribution is 7.19. The average Bonchev–Trinajstić information content (AvgIpc) is 3.28. The van der Waals surface area contributed by atoms with E-state index in [9.17, 15) is 22.8 Å². The lowest BCUT2D eigenvalue weighted by atomic mass is 9.95. The zero-order chi connectivity index (χ0) is 27.0. The summed E-state index contributed by atoms with van der Waals surface area (Å²) in [6.45, 7) is 4.92. The minimum atomic E-state index is -4.58. The Kier molecular flexibility index (Phi) is 7.45. The number of halogens is 4. The summed E-state index contributed by atoms with van der Waals surface area (Å²) in [7, 11) is 0. The highest BCUT2D eigenvalue weighted by Crippen LogP contribution is 2.38. The number of aromatic nitrogens is 3. The van der Waals surface area contributed by atoms with E-state index in [2.05, 4.69) is 15.2 Å². The van der Waals surface area contributed by atoms with Crippen molar-refractivity contribution in [1.29, 1.82) is 0 Å². The van der Waals surface area contributed by atoms with Gasteiger partial charge in [-0.1, -0.05) is 11.6 Å². The number of piperazine rings is 1. The maximum absolute atomic E-state index is 12.9. The number of thiophene rings is 1. The van der Waals surface area contributed by atoms with Crippen LogP contribution in [0.1, 0.15) is 16.0 Å². The topological polar surface area (TPSA) is 72.2 Å². The smallest absolute Gasteiger partial charge is 0.314 e. The number of alkyl halides is 3. The monoisotopic (exact) mass is 563 g/mol. The number of fused-ring (bicyclic) bond motifs is 1. The highest BCUT2D eigenvalue weighted by Gasteiger charge is 2.29. The average molecular weight is 564 g/mol. The van der Waals surface area contributed by atoms with E-state index in [1.54, 1.807) is 12.3 Å². The summed E-state index contributed by atoms with van der Waals surface area (Å²) in [5.41, 5.74) is 3.15. The Bertz CT molecular complexity index is 1610. The summed E-state index contributed by atoms with van der Waals surface area (Å²) in [5.74, 6) is 0. The first kappa shape index (κ1) is 26.6. The molecule has 0 radical (unpaired) electrons. The minimum Gasteiger partial charge on any atom is -0.314 e. The summed E-state index contributed by atoms with van der Waals surface area (Å²) in [6, 6.07) is 8.55. The largest absolute Gasteiger partial charge is 0.406 e. The van der Waals surface area contributed by atoms with Crippen molar-refractivity contribution in [3.8, 4) is 11.1 Å². The summed E-state index contributed by atoms with van der Waals surface area (Å²) in [5, 5.41) is 3.98. The van der Waals surface area contributed by atoms with Crippen molar-refractivity contribution in [3.63, 3.8) is 0 Å². The molecule has 7 nitrogen and oxygen atoms in total. The van der Waals surface area contributed by atoms with Gasteiger partial charge in [-0.05, 0) is 47.9 Å². The Balaban J connectivity index is 1.55. The molecule has 4 heterocycles. The Hall–Kier alpha value is -2.99. The number of nitrogens with zero attached hydrogens (tertiary/aromatic N) is 4. The molecule has 0 spiro atoms. The molecule has 1 aliphatic heterocycles. The highest BCUT2D eigenvalue weighted by atomic mass is 35.5. The predicted octanol–water partition coefficient (Wildman–Crippen LogP) is 4.26. The second-order valence-corrected chi connectivity index (χ2v) is 10.9. The molecule has 5 rings (SSSR count). The lowest BCUT2D eigenvalue weighted by molar-refractivity contribution is -0.141. The molecule has 0 atom stereocenters. The SMILES string of the molecule is Cc1cc(Cl)cc(-c2ccnc3cc(Cn4c(=O)ccn(CC(F)(F)F)c4=O)sc23)c1CN1CCNCC1. The fourth-order valence-corrected chi connectivity index (χ4v) is 6.17. The second-order valence-electron chi connectivity index (χ2n) is 9.33. The molecule has 38 heavy (non-hydrogen) atoms. The lowest BCUT2D eigenvalue weighted by Crippen LogP contribution is -2.43. The van der Waals surface area contributed by atoms with Gasteiger partial charge in [-0.15, -0.1) is 11.3 Å². The second kappa shape index (κ2) is 10.6. The number of hydrogen-bond acceptors (Lipinski definition) is 6. The van der Waals surface area contributed by atoms with Crippen LogP contribution in [-0.2, 0) is 19.6 Å². The standard InChI is InChI=1S/C26H25ClF3N5O2S/c1-16-10-17(27)11-20(21(16)14-33-8-5-31-6-9-33)19-2-4-32-22-12-18(38-24(19)22)13-35-23(36)3-7-34(25(35)37)15-26(28,29)30/h2-4,7,10-12,31H,5-6,8-9,13-15H2,1H3. The number of rotatable bonds is 6. The van der Waals surface area contributed by atoms with Crippen molar-refractivity contribution < 1.29 is 13.2 Å².